The average Bonchev–Trinajstić information content (AvgIpc) is 3.08. The molecule has 1 aromatic heterocycles. The fourth-order valence-corrected chi connectivity index (χ4v) is 2.49. The SMILES string of the molecule is O=C(NCc1ccc(N2CCOCC2)nc1)C1CCNN1. The van der Waals surface area contributed by atoms with E-state index in [1.807, 2.05) is 18.3 Å². The number of aromatic nitrogens is 1. The van der Waals surface area contributed by atoms with Crippen LogP contribution in [-0.4, -0.2) is 49.8 Å². The van der Waals surface area contributed by atoms with E-state index in [-0.39, 0.29) is 11.9 Å². The summed E-state index contributed by atoms with van der Waals surface area (Å²) in [6, 6.07) is 3.88. The minimum absolute atomic E-state index is 0.0252. The molecule has 0 radical (unpaired) electrons. The highest BCUT2D eigenvalue weighted by Gasteiger charge is 2.21. The zero-order valence-electron chi connectivity index (χ0n) is 12.0. The van der Waals surface area contributed by atoms with E-state index in [1.54, 1.807) is 0 Å². The molecule has 0 aliphatic carbocycles. The maximum absolute atomic E-state index is 11.9. The number of ether oxygens (including phenoxy) is 1. The number of nitrogens with zero attached hydrogens (tertiary/aromatic N) is 2. The molecule has 2 aliphatic heterocycles. The average molecular weight is 291 g/mol. The molecular weight excluding hydrogens is 270 g/mol. The van der Waals surface area contributed by atoms with Gasteiger partial charge in [-0.3, -0.25) is 10.2 Å². The van der Waals surface area contributed by atoms with E-state index in [4.69, 9.17) is 4.74 Å². The molecule has 2 aliphatic rings. The summed E-state index contributed by atoms with van der Waals surface area (Å²) in [5.74, 6) is 0.993. The monoisotopic (exact) mass is 291 g/mol. The number of nitrogens with one attached hydrogen (secondary N) is 3. The van der Waals surface area contributed by atoms with Crippen LogP contribution in [0.2, 0.25) is 0 Å². The van der Waals surface area contributed by atoms with Crippen LogP contribution in [0.25, 0.3) is 0 Å². The normalized spacial score (nSPS) is 22.3. The van der Waals surface area contributed by atoms with Crippen molar-refractivity contribution in [1.82, 2.24) is 21.2 Å². The summed E-state index contributed by atoms with van der Waals surface area (Å²) in [6.07, 6.45) is 2.64. The number of amides is 1. The largest absolute Gasteiger partial charge is 0.378 e. The molecule has 3 rings (SSSR count). The molecule has 0 saturated carbocycles. The van der Waals surface area contributed by atoms with Gasteiger partial charge in [-0.25, -0.2) is 10.4 Å². The van der Waals surface area contributed by atoms with Crippen LogP contribution in [0.3, 0.4) is 0 Å². The molecule has 1 atom stereocenters. The van der Waals surface area contributed by atoms with E-state index in [2.05, 4.69) is 26.1 Å². The lowest BCUT2D eigenvalue weighted by Crippen LogP contribution is -2.42. The van der Waals surface area contributed by atoms with Crippen LogP contribution < -0.4 is 21.1 Å². The van der Waals surface area contributed by atoms with Crippen LogP contribution in [0.4, 0.5) is 5.82 Å². The van der Waals surface area contributed by atoms with E-state index in [0.29, 0.717) is 6.54 Å². The van der Waals surface area contributed by atoms with Gasteiger partial charge in [-0.1, -0.05) is 6.07 Å². The summed E-state index contributed by atoms with van der Waals surface area (Å²) in [6.45, 7) is 4.60. The predicted octanol–water partition coefficient (Wildman–Crippen LogP) is -0.599. The van der Waals surface area contributed by atoms with Crippen molar-refractivity contribution < 1.29 is 9.53 Å². The van der Waals surface area contributed by atoms with E-state index in [1.165, 1.54) is 0 Å². The van der Waals surface area contributed by atoms with Crippen molar-refractivity contribution in [2.45, 2.75) is 19.0 Å². The van der Waals surface area contributed by atoms with Crippen molar-refractivity contribution in [3.63, 3.8) is 0 Å². The van der Waals surface area contributed by atoms with Gasteiger partial charge in [0.2, 0.25) is 5.91 Å². The smallest absolute Gasteiger partial charge is 0.238 e. The Kier molecular flexibility index (Phi) is 4.64. The first-order valence-corrected chi connectivity index (χ1v) is 7.36. The fourth-order valence-electron chi connectivity index (χ4n) is 2.49. The third-order valence-electron chi connectivity index (χ3n) is 3.76. The van der Waals surface area contributed by atoms with Gasteiger partial charge in [0.1, 0.15) is 11.9 Å². The van der Waals surface area contributed by atoms with Crippen molar-refractivity contribution in [3.8, 4) is 0 Å². The van der Waals surface area contributed by atoms with Crippen molar-refractivity contribution in [3.05, 3.63) is 23.9 Å². The second-order valence-electron chi connectivity index (χ2n) is 5.25. The van der Waals surface area contributed by atoms with Gasteiger partial charge in [0.05, 0.1) is 13.2 Å². The maximum Gasteiger partial charge on any atom is 0.238 e. The molecule has 1 unspecified atom stereocenters. The van der Waals surface area contributed by atoms with Crippen molar-refractivity contribution in [2.24, 2.45) is 0 Å². The first kappa shape index (κ1) is 14.2. The van der Waals surface area contributed by atoms with E-state index < -0.39 is 0 Å². The molecule has 7 nitrogen and oxygen atoms in total. The van der Waals surface area contributed by atoms with Gasteiger partial charge in [0.15, 0.2) is 0 Å². The summed E-state index contributed by atoms with van der Waals surface area (Å²) < 4.78 is 5.33. The zero-order valence-corrected chi connectivity index (χ0v) is 12.0. The molecule has 3 N–H and O–H groups in total. The van der Waals surface area contributed by atoms with Crippen LogP contribution in [0.1, 0.15) is 12.0 Å². The predicted molar refractivity (Wildman–Crippen MR) is 78.7 cm³/mol. The minimum atomic E-state index is -0.134. The number of carbonyl (C=O) groups excluding carboxylic acids is 1. The van der Waals surface area contributed by atoms with Gasteiger partial charge >= 0.3 is 0 Å². The van der Waals surface area contributed by atoms with Gasteiger partial charge < -0.3 is 15.0 Å². The lowest BCUT2D eigenvalue weighted by molar-refractivity contribution is -0.123. The molecule has 1 amide bonds. The Morgan fingerprint density at radius 2 is 2.29 bits per heavy atom. The number of rotatable bonds is 4. The van der Waals surface area contributed by atoms with Crippen molar-refractivity contribution in [1.29, 1.82) is 0 Å². The van der Waals surface area contributed by atoms with E-state index >= 15 is 0 Å². The fraction of sp³-hybridized carbons (Fsp3) is 0.571. The molecule has 3 heterocycles. The Morgan fingerprint density at radius 3 is 2.95 bits per heavy atom. The topological polar surface area (TPSA) is 78.5 Å². The Bertz CT molecular complexity index is 467. The molecule has 0 aromatic carbocycles. The standard InChI is InChI=1S/C14H21N5O2/c20-14(12-3-4-17-18-12)16-10-11-1-2-13(15-9-11)19-5-7-21-8-6-19/h1-2,9,12,17-18H,3-8,10H2,(H,16,20). The number of hydrazine groups is 1. The summed E-state index contributed by atoms with van der Waals surface area (Å²) in [5.41, 5.74) is 6.91. The van der Waals surface area contributed by atoms with Crippen molar-refractivity contribution >= 4 is 11.7 Å². The molecule has 1 aromatic rings. The van der Waals surface area contributed by atoms with Crippen LogP contribution in [0, 0.1) is 0 Å². The van der Waals surface area contributed by atoms with Crippen LogP contribution in [-0.2, 0) is 16.1 Å². The Labute approximate surface area is 124 Å². The number of pyridine rings is 1. The number of hydrogen-bond acceptors (Lipinski definition) is 6. The van der Waals surface area contributed by atoms with Gasteiger partial charge in [-0.15, -0.1) is 0 Å². The number of carbonyl (C=O) groups is 1. The highest BCUT2D eigenvalue weighted by atomic mass is 16.5. The van der Waals surface area contributed by atoms with Gasteiger partial charge in [0.25, 0.3) is 0 Å². The number of anilines is 1. The van der Waals surface area contributed by atoms with Gasteiger partial charge in [-0.2, -0.15) is 0 Å². The molecular formula is C14H21N5O2. The summed E-state index contributed by atoms with van der Waals surface area (Å²) in [4.78, 5) is 18.6. The van der Waals surface area contributed by atoms with E-state index in [9.17, 15) is 4.79 Å². The lowest BCUT2D eigenvalue weighted by atomic mass is 10.2. The van der Waals surface area contributed by atoms with Gasteiger partial charge in [-0.05, 0) is 18.1 Å². The third-order valence-corrected chi connectivity index (χ3v) is 3.76. The summed E-state index contributed by atoms with van der Waals surface area (Å²) >= 11 is 0. The Balaban J connectivity index is 1.50. The molecule has 2 fully saturated rings. The highest BCUT2D eigenvalue weighted by molar-refractivity contribution is 5.81. The van der Waals surface area contributed by atoms with Crippen LogP contribution in [0.15, 0.2) is 18.3 Å². The Hall–Kier alpha value is -1.70. The molecule has 0 spiro atoms. The summed E-state index contributed by atoms with van der Waals surface area (Å²) in [7, 11) is 0. The maximum atomic E-state index is 11.9. The molecule has 114 valence electrons. The lowest BCUT2D eigenvalue weighted by Gasteiger charge is -2.27. The van der Waals surface area contributed by atoms with Crippen LogP contribution >= 0.6 is 0 Å². The minimum Gasteiger partial charge on any atom is -0.378 e. The first-order valence-electron chi connectivity index (χ1n) is 7.36. The van der Waals surface area contributed by atoms with Crippen LogP contribution in [0.5, 0.6) is 0 Å². The second-order valence-corrected chi connectivity index (χ2v) is 5.25. The highest BCUT2D eigenvalue weighted by Crippen LogP contribution is 2.13. The number of hydrogen-bond donors (Lipinski definition) is 3. The number of morpholine rings is 1. The molecule has 21 heavy (non-hydrogen) atoms. The Morgan fingerprint density at radius 1 is 1.43 bits per heavy atom. The molecule has 7 heteroatoms. The molecule has 0 bridgehead atoms. The van der Waals surface area contributed by atoms with E-state index in [0.717, 1.165) is 50.7 Å². The summed E-state index contributed by atoms with van der Waals surface area (Å²) in [5, 5.41) is 2.92. The quantitative estimate of drug-likeness (QED) is 0.688. The second kappa shape index (κ2) is 6.84. The van der Waals surface area contributed by atoms with Gasteiger partial charge in [0, 0.05) is 32.4 Å². The third kappa shape index (κ3) is 3.69. The zero-order chi connectivity index (χ0) is 14.5. The van der Waals surface area contributed by atoms with Crippen molar-refractivity contribution in [2.75, 3.05) is 37.7 Å². The first-order chi connectivity index (χ1) is 10.3. The molecule has 2 saturated heterocycles.